The van der Waals surface area contributed by atoms with Crippen molar-refractivity contribution < 1.29 is 9.21 Å². The SMILES string of the molecule is Cc1ccc(SCCNC(=O)c2nc(-c3cccs3)oc2C)cc1. The second kappa shape index (κ2) is 7.68. The molecule has 0 bridgehead atoms. The Balaban J connectivity index is 1.53. The Morgan fingerprint density at radius 1 is 1.25 bits per heavy atom. The van der Waals surface area contributed by atoms with Gasteiger partial charge in [0, 0.05) is 17.2 Å². The molecule has 24 heavy (non-hydrogen) atoms. The van der Waals surface area contributed by atoms with Crippen molar-refractivity contribution in [3.8, 4) is 10.8 Å². The molecule has 6 heteroatoms. The average molecular weight is 358 g/mol. The van der Waals surface area contributed by atoms with Gasteiger partial charge in [-0.1, -0.05) is 23.8 Å². The van der Waals surface area contributed by atoms with Crippen LogP contribution in [0.1, 0.15) is 21.8 Å². The molecule has 124 valence electrons. The molecule has 0 saturated heterocycles. The topological polar surface area (TPSA) is 55.1 Å². The number of carbonyl (C=O) groups is 1. The monoisotopic (exact) mass is 358 g/mol. The lowest BCUT2D eigenvalue weighted by Gasteiger charge is -2.04. The number of hydrogen-bond acceptors (Lipinski definition) is 5. The zero-order valence-corrected chi connectivity index (χ0v) is 15.2. The number of amides is 1. The molecule has 1 aromatic carbocycles. The largest absolute Gasteiger partial charge is 0.440 e. The number of carbonyl (C=O) groups excluding carboxylic acids is 1. The number of rotatable bonds is 6. The van der Waals surface area contributed by atoms with Crippen molar-refractivity contribution in [2.24, 2.45) is 0 Å². The summed E-state index contributed by atoms with van der Waals surface area (Å²) in [7, 11) is 0. The minimum Gasteiger partial charge on any atom is -0.440 e. The summed E-state index contributed by atoms with van der Waals surface area (Å²) in [6, 6.07) is 12.2. The maximum atomic E-state index is 12.3. The van der Waals surface area contributed by atoms with E-state index in [0.29, 0.717) is 23.9 Å². The Bertz CT molecular complexity index is 808. The van der Waals surface area contributed by atoms with Crippen LogP contribution in [-0.4, -0.2) is 23.2 Å². The molecule has 0 spiro atoms. The second-order valence-electron chi connectivity index (χ2n) is 5.32. The summed E-state index contributed by atoms with van der Waals surface area (Å²) in [6.45, 7) is 4.41. The fourth-order valence-electron chi connectivity index (χ4n) is 2.16. The van der Waals surface area contributed by atoms with Gasteiger partial charge in [-0.3, -0.25) is 4.79 Å². The van der Waals surface area contributed by atoms with E-state index >= 15 is 0 Å². The zero-order valence-electron chi connectivity index (χ0n) is 13.5. The lowest BCUT2D eigenvalue weighted by Crippen LogP contribution is -2.26. The Kier molecular flexibility index (Phi) is 5.37. The highest BCUT2D eigenvalue weighted by Crippen LogP contribution is 2.25. The fraction of sp³-hybridized carbons (Fsp3) is 0.222. The van der Waals surface area contributed by atoms with E-state index < -0.39 is 0 Å². The Morgan fingerprint density at radius 3 is 2.75 bits per heavy atom. The third kappa shape index (κ3) is 4.07. The summed E-state index contributed by atoms with van der Waals surface area (Å²) >= 11 is 3.26. The highest BCUT2D eigenvalue weighted by atomic mass is 32.2. The number of nitrogens with one attached hydrogen (secondary N) is 1. The second-order valence-corrected chi connectivity index (χ2v) is 7.43. The molecule has 0 aliphatic rings. The first-order chi connectivity index (χ1) is 11.6. The molecule has 2 heterocycles. The van der Waals surface area contributed by atoms with E-state index in [9.17, 15) is 4.79 Å². The van der Waals surface area contributed by atoms with Crippen LogP contribution in [0.3, 0.4) is 0 Å². The van der Waals surface area contributed by atoms with E-state index in [1.807, 2.05) is 17.5 Å². The van der Waals surface area contributed by atoms with Crippen molar-refractivity contribution in [2.75, 3.05) is 12.3 Å². The van der Waals surface area contributed by atoms with Gasteiger partial charge < -0.3 is 9.73 Å². The number of thioether (sulfide) groups is 1. The number of benzene rings is 1. The minimum absolute atomic E-state index is 0.191. The highest BCUT2D eigenvalue weighted by molar-refractivity contribution is 7.99. The van der Waals surface area contributed by atoms with Crippen molar-refractivity contribution in [2.45, 2.75) is 18.7 Å². The molecule has 3 rings (SSSR count). The van der Waals surface area contributed by atoms with Crippen LogP contribution in [0.25, 0.3) is 10.8 Å². The Morgan fingerprint density at radius 2 is 2.04 bits per heavy atom. The van der Waals surface area contributed by atoms with Gasteiger partial charge in [0.15, 0.2) is 5.69 Å². The molecule has 0 atom stereocenters. The lowest BCUT2D eigenvalue weighted by atomic mass is 10.2. The van der Waals surface area contributed by atoms with Gasteiger partial charge >= 0.3 is 0 Å². The first-order valence-electron chi connectivity index (χ1n) is 7.62. The predicted octanol–water partition coefficient (Wildman–Crippen LogP) is 4.54. The van der Waals surface area contributed by atoms with Crippen molar-refractivity contribution in [3.63, 3.8) is 0 Å². The van der Waals surface area contributed by atoms with Crippen LogP contribution in [-0.2, 0) is 0 Å². The van der Waals surface area contributed by atoms with Crippen LogP contribution in [0, 0.1) is 13.8 Å². The smallest absolute Gasteiger partial charge is 0.273 e. The van der Waals surface area contributed by atoms with Crippen LogP contribution in [0.5, 0.6) is 0 Å². The van der Waals surface area contributed by atoms with Gasteiger partial charge in [-0.25, -0.2) is 4.98 Å². The van der Waals surface area contributed by atoms with Crippen LogP contribution in [0.2, 0.25) is 0 Å². The maximum Gasteiger partial charge on any atom is 0.273 e. The van der Waals surface area contributed by atoms with E-state index in [1.54, 1.807) is 18.7 Å². The minimum atomic E-state index is -0.191. The third-order valence-corrected chi connectivity index (χ3v) is 5.29. The van der Waals surface area contributed by atoms with Gasteiger partial charge in [0.25, 0.3) is 5.91 Å². The van der Waals surface area contributed by atoms with Gasteiger partial charge in [-0.15, -0.1) is 23.1 Å². The Hall–Kier alpha value is -2.05. The van der Waals surface area contributed by atoms with E-state index in [1.165, 1.54) is 21.8 Å². The van der Waals surface area contributed by atoms with E-state index in [-0.39, 0.29) is 5.91 Å². The van der Waals surface area contributed by atoms with E-state index in [2.05, 4.69) is 41.5 Å². The number of hydrogen-bond donors (Lipinski definition) is 1. The Labute approximate surface area is 149 Å². The lowest BCUT2D eigenvalue weighted by molar-refractivity contribution is 0.0950. The summed E-state index contributed by atoms with van der Waals surface area (Å²) in [5.41, 5.74) is 1.61. The van der Waals surface area contributed by atoms with Crippen LogP contribution in [0.15, 0.2) is 51.1 Å². The summed E-state index contributed by atoms with van der Waals surface area (Å²) < 4.78 is 5.60. The molecule has 2 aromatic heterocycles. The first-order valence-corrected chi connectivity index (χ1v) is 9.49. The normalized spacial score (nSPS) is 10.8. The average Bonchev–Trinajstić information content (AvgIpc) is 3.22. The number of nitrogens with zero attached hydrogens (tertiary/aromatic N) is 1. The van der Waals surface area contributed by atoms with Crippen LogP contribution < -0.4 is 5.32 Å². The quantitative estimate of drug-likeness (QED) is 0.519. The summed E-state index contributed by atoms with van der Waals surface area (Å²) in [5, 5.41) is 4.86. The van der Waals surface area contributed by atoms with Gasteiger partial charge in [-0.05, 0) is 37.4 Å². The van der Waals surface area contributed by atoms with Crippen LogP contribution in [0.4, 0.5) is 0 Å². The van der Waals surface area contributed by atoms with Gasteiger partial charge in [0.05, 0.1) is 4.88 Å². The van der Waals surface area contributed by atoms with Gasteiger partial charge in [-0.2, -0.15) is 0 Å². The van der Waals surface area contributed by atoms with Crippen molar-refractivity contribution in [1.82, 2.24) is 10.3 Å². The zero-order chi connectivity index (χ0) is 16.9. The maximum absolute atomic E-state index is 12.3. The van der Waals surface area contributed by atoms with E-state index in [0.717, 1.165) is 10.6 Å². The third-order valence-electron chi connectivity index (χ3n) is 3.42. The molecule has 0 unspecified atom stereocenters. The molecule has 0 fully saturated rings. The van der Waals surface area contributed by atoms with Crippen molar-refractivity contribution >= 4 is 29.0 Å². The summed E-state index contributed by atoms with van der Waals surface area (Å²) in [6.07, 6.45) is 0. The molecular weight excluding hydrogens is 340 g/mol. The standard InChI is InChI=1S/C18H18N2O2S2/c1-12-5-7-14(8-6-12)23-11-9-19-17(21)16-13(2)22-18(20-16)15-4-3-10-24-15/h3-8,10H,9,11H2,1-2H3,(H,19,21). The summed E-state index contributed by atoms with van der Waals surface area (Å²) in [4.78, 5) is 18.7. The molecule has 3 aromatic rings. The molecule has 4 nitrogen and oxygen atoms in total. The van der Waals surface area contributed by atoms with Gasteiger partial charge in [0.2, 0.25) is 5.89 Å². The van der Waals surface area contributed by atoms with Crippen molar-refractivity contribution in [3.05, 3.63) is 58.8 Å². The predicted molar refractivity (Wildman–Crippen MR) is 98.8 cm³/mol. The van der Waals surface area contributed by atoms with E-state index in [4.69, 9.17) is 4.42 Å². The molecule has 0 radical (unpaired) electrons. The molecular formula is C18H18N2O2S2. The number of aryl methyl sites for hydroxylation is 2. The molecule has 0 aliphatic carbocycles. The molecule has 1 N–H and O–H groups in total. The fourth-order valence-corrected chi connectivity index (χ4v) is 3.58. The number of oxazole rings is 1. The first kappa shape index (κ1) is 16.8. The van der Waals surface area contributed by atoms with Gasteiger partial charge in [0.1, 0.15) is 5.76 Å². The molecule has 0 saturated carbocycles. The number of aromatic nitrogens is 1. The van der Waals surface area contributed by atoms with Crippen molar-refractivity contribution in [1.29, 1.82) is 0 Å². The number of thiophene rings is 1. The van der Waals surface area contributed by atoms with Crippen LogP contribution >= 0.6 is 23.1 Å². The molecule has 1 amide bonds. The summed E-state index contributed by atoms with van der Waals surface area (Å²) in [5.74, 6) is 1.66. The molecule has 0 aliphatic heterocycles. The highest BCUT2D eigenvalue weighted by Gasteiger charge is 2.18.